The van der Waals surface area contributed by atoms with Crippen LogP contribution in [0.25, 0.3) is 0 Å². The summed E-state index contributed by atoms with van der Waals surface area (Å²) in [4.78, 5) is 15.7. The molecule has 1 rings (SSSR count). The van der Waals surface area contributed by atoms with Gasteiger partial charge in [-0.25, -0.2) is 0 Å². The summed E-state index contributed by atoms with van der Waals surface area (Å²) in [7, 11) is 6.43. The lowest BCUT2D eigenvalue weighted by Gasteiger charge is -2.16. The number of nitrogens with zero attached hydrogens (tertiary/aromatic N) is 1. The molecule has 0 radical (unpaired) electrons. The average Bonchev–Trinajstić information content (AvgIpc) is 2.65. The van der Waals surface area contributed by atoms with Crippen LogP contribution in [0.5, 0.6) is 17.2 Å². The SMILES string of the molecule is CN=C(NCCNC(=O)C(C)C)NCc1cc(OC)c(OC)c(OC)c1.I. The fourth-order valence-corrected chi connectivity index (χ4v) is 2.21. The monoisotopic (exact) mass is 494 g/mol. The molecule has 0 bridgehead atoms. The van der Waals surface area contributed by atoms with Crippen molar-refractivity contribution in [2.24, 2.45) is 10.9 Å². The van der Waals surface area contributed by atoms with E-state index in [1.165, 1.54) is 0 Å². The number of aliphatic imine (C=N–C) groups is 1. The maximum atomic E-state index is 11.5. The van der Waals surface area contributed by atoms with Crippen molar-refractivity contribution in [2.45, 2.75) is 20.4 Å². The van der Waals surface area contributed by atoms with E-state index in [1.807, 2.05) is 26.0 Å². The Labute approximate surface area is 178 Å². The summed E-state index contributed by atoms with van der Waals surface area (Å²) in [6.45, 7) is 5.35. The van der Waals surface area contributed by atoms with E-state index in [2.05, 4.69) is 20.9 Å². The van der Waals surface area contributed by atoms with Gasteiger partial charge in [0.25, 0.3) is 0 Å². The first-order valence-corrected chi connectivity index (χ1v) is 8.47. The van der Waals surface area contributed by atoms with E-state index in [0.29, 0.717) is 42.8 Å². The molecule has 1 aromatic rings. The van der Waals surface area contributed by atoms with Crippen LogP contribution in [0.2, 0.25) is 0 Å². The molecule has 9 heteroatoms. The fraction of sp³-hybridized carbons (Fsp3) is 0.556. The summed E-state index contributed by atoms with van der Waals surface area (Å²) < 4.78 is 16.0. The number of amides is 1. The van der Waals surface area contributed by atoms with Crippen LogP contribution in [-0.4, -0.2) is 53.3 Å². The van der Waals surface area contributed by atoms with E-state index < -0.39 is 0 Å². The van der Waals surface area contributed by atoms with Crippen LogP contribution in [0, 0.1) is 5.92 Å². The smallest absolute Gasteiger partial charge is 0.222 e. The predicted molar refractivity (Wildman–Crippen MR) is 118 cm³/mol. The summed E-state index contributed by atoms with van der Waals surface area (Å²) in [5.41, 5.74) is 0.954. The van der Waals surface area contributed by atoms with E-state index >= 15 is 0 Å². The Morgan fingerprint density at radius 1 is 1.00 bits per heavy atom. The fourth-order valence-electron chi connectivity index (χ4n) is 2.21. The van der Waals surface area contributed by atoms with Crippen LogP contribution in [0.15, 0.2) is 17.1 Å². The van der Waals surface area contributed by atoms with Gasteiger partial charge < -0.3 is 30.2 Å². The highest BCUT2D eigenvalue weighted by molar-refractivity contribution is 14.0. The summed E-state index contributed by atoms with van der Waals surface area (Å²) in [5.74, 6) is 2.41. The van der Waals surface area contributed by atoms with E-state index in [0.717, 1.165) is 5.56 Å². The Kier molecular flexibility index (Phi) is 12.3. The molecule has 0 unspecified atom stereocenters. The van der Waals surface area contributed by atoms with Gasteiger partial charge in [-0.05, 0) is 17.7 Å². The van der Waals surface area contributed by atoms with Gasteiger partial charge >= 0.3 is 0 Å². The van der Waals surface area contributed by atoms with Crippen LogP contribution in [-0.2, 0) is 11.3 Å². The molecular formula is C18H31IN4O4. The number of benzene rings is 1. The van der Waals surface area contributed by atoms with Gasteiger partial charge in [-0.1, -0.05) is 13.8 Å². The van der Waals surface area contributed by atoms with Crippen molar-refractivity contribution in [3.8, 4) is 17.2 Å². The highest BCUT2D eigenvalue weighted by Crippen LogP contribution is 2.38. The first-order valence-electron chi connectivity index (χ1n) is 8.47. The molecule has 0 heterocycles. The third-order valence-electron chi connectivity index (χ3n) is 3.65. The van der Waals surface area contributed by atoms with Crippen LogP contribution in [0.1, 0.15) is 19.4 Å². The molecule has 3 N–H and O–H groups in total. The first-order chi connectivity index (χ1) is 12.5. The van der Waals surface area contributed by atoms with Crippen molar-refractivity contribution in [1.82, 2.24) is 16.0 Å². The van der Waals surface area contributed by atoms with E-state index in [4.69, 9.17) is 14.2 Å². The minimum atomic E-state index is -0.0209. The van der Waals surface area contributed by atoms with Gasteiger partial charge in [0.15, 0.2) is 17.5 Å². The van der Waals surface area contributed by atoms with Crippen LogP contribution in [0.4, 0.5) is 0 Å². The second-order valence-corrected chi connectivity index (χ2v) is 5.83. The number of nitrogens with one attached hydrogen (secondary N) is 3. The lowest BCUT2D eigenvalue weighted by molar-refractivity contribution is -0.123. The summed E-state index contributed by atoms with van der Waals surface area (Å²) in [6.07, 6.45) is 0. The van der Waals surface area contributed by atoms with Gasteiger partial charge in [0, 0.05) is 32.6 Å². The molecule has 0 fully saturated rings. The molecule has 1 amide bonds. The van der Waals surface area contributed by atoms with Gasteiger partial charge in [0.05, 0.1) is 21.3 Å². The van der Waals surface area contributed by atoms with Crippen molar-refractivity contribution in [3.63, 3.8) is 0 Å². The zero-order chi connectivity index (χ0) is 19.5. The Hall–Kier alpha value is -1.91. The molecule has 8 nitrogen and oxygen atoms in total. The van der Waals surface area contributed by atoms with Crippen molar-refractivity contribution < 1.29 is 19.0 Å². The van der Waals surface area contributed by atoms with Crippen LogP contribution >= 0.6 is 24.0 Å². The number of hydrogen-bond donors (Lipinski definition) is 3. The molecule has 0 spiro atoms. The minimum absolute atomic E-state index is 0. The molecule has 154 valence electrons. The number of carbonyl (C=O) groups is 1. The maximum Gasteiger partial charge on any atom is 0.222 e. The molecule has 0 aliphatic rings. The van der Waals surface area contributed by atoms with Crippen LogP contribution < -0.4 is 30.2 Å². The van der Waals surface area contributed by atoms with Gasteiger partial charge in [-0.2, -0.15) is 0 Å². The molecule has 0 aliphatic carbocycles. The maximum absolute atomic E-state index is 11.5. The van der Waals surface area contributed by atoms with Crippen molar-refractivity contribution >= 4 is 35.8 Å². The summed E-state index contributed by atoms with van der Waals surface area (Å²) in [6, 6.07) is 3.76. The number of methoxy groups -OCH3 is 3. The lowest BCUT2D eigenvalue weighted by atomic mass is 10.2. The van der Waals surface area contributed by atoms with E-state index in [-0.39, 0.29) is 35.8 Å². The minimum Gasteiger partial charge on any atom is -0.493 e. The third kappa shape index (κ3) is 8.10. The number of halogens is 1. The normalized spacial score (nSPS) is 10.7. The zero-order valence-corrected chi connectivity index (χ0v) is 19.2. The average molecular weight is 494 g/mol. The second-order valence-electron chi connectivity index (χ2n) is 5.83. The molecule has 0 saturated carbocycles. The van der Waals surface area contributed by atoms with Crippen LogP contribution in [0.3, 0.4) is 0 Å². The zero-order valence-electron chi connectivity index (χ0n) is 16.8. The largest absolute Gasteiger partial charge is 0.493 e. The number of carbonyl (C=O) groups excluding carboxylic acids is 1. The number of rotatable bonds is 9. The van der Waals surface area contributed by atoms with Gasteiger partial charge in [-0.15, -0.1) is 24.0 Å². The van der Waals surface area contributed by atoms with Gasteiger partial charge in [0.2, 0.25) is 11.7 Å². The summed E-state index contributed by atoms with van der Waals surface area (Å²) in [5, 5.41) is 9.21. The van der Waals surface area contributed by atoms with Crippen molar-refractivity contribution in [1.29, 1.82) is 0 Å². The molecule has 1 aromatic carbocycles. The molecule has 0 atom stereocenters. The Morgan fingerprint density at radius 3 is 2.00 bits per heavy atom. The second kappa shape index (κ2) is 13.3. The standard InChI is InChI=1S/C18H30N4O4.HI/c1-12(2)17(23)20-7-8-21-18(19-3)22-11-13-9-14(24-4)16(26-6)15(10-13)25-5;/h9-10,12H,7-8,11H2,1-6H3,(H,20,23)(H2,19,21,22);1H. The summed E-state index contributed by atoms with van der Waals surface area (Å²) >= 11 is 0. The Morgan fingerprint density at radius 2 is 1.56 bits per heavy atom. The highest BCUT2D eigenvalue weighted by Gasteiger charge is 2.13. The van der Waals surface area contributed by atoms with Gasteiger partial charge in [0.1, 0.15) is 0 Å². The molecular weight excluding hydrogens is 463 g/mol. The number of ether oxygens (including phenoxy) is 3. The Balaban J connectivity index is 0.00000676. The molecule has 0 aliphatic heterocycles. The topological polar surface area (TPSA) is 93.2 Å². The predicted octanol–water partition coefficient (Wildman–Crippen LogP) is 1.77. The molecule has 0 aromatic heterocycles. The number of guanidine groups is 1. The van der Waals surface area contributed by atoms with Crippen molar-refractivity contribution in [3.05, 3.63) is 17.7 Å². The number of hydrogen-bond acceptors (Lipinski definition) is 5. The Bertz CT molecular complexity index is 598. The molecule has 27 heavy (non-hydrogen) atoms. The van der Waals surface area contributed by atoms with Crippen molar-refractivity contribution in [2.75, 3.05) is 41.5 Å². The van der Waals surface area contributed by atoms with E-state index in [9.17, 15) is 4.79 Å². The quantitative estimate of drug-likeness (QED) is 0.210. The lowest BCUT2D eigenvalue weighted by Crippen LogP contribution is -2.41. The molecule has 0 saturated heterocycles. The van der Waals surface area contributed by atoms with Gasteiger partial charge in [-0.3, -0.25) is 9.79 Å². The third-order valence-corrected chi connectivity index (χ3v) is 3.65. The van der Waals surface area contributed by atoms with E-state index in [1.54, 1.807) is 28.4 Å². The highest BCUT2D eigenvalue weighted by atomic mass is 127. The first kappa shape index (κ1) is 25.1.